The van der Waals surface area contributed by atoms with Gasteiger partial charge in [0, 0.05) is 35.5 Å². The van der Waals surface area contributed by atoms with Gasteiger partial charge in [-0.15, -0.1) is 0 Å². The molecule has 2 aliphatic rings. The van der Waals surface area contributed by atoms with E-state index >= 15 is 0 Å². The summed E-state index contributed by atoms with van der Waals surface area (Å²) in [5.41, 5.74) is 1.61. The van der Waals surface area contributed by atoms with E-state index in [4.69, 9.17) is 10.2 Å². The van der Waals surface area contributed by atoms with Gasteiger partial charge in [-0.25, -0.2) is 4.79 Å². The number of rotatable bonds is 4. The van der Waals surface area contributed by atoms with E-state index in [1.807, 2.05) is 24.3 Å². The molecular weight excluding hydrogens is 440 g/mol. The standard InChI is InChI=1S/C16H14N2O3.C9H10O4/c19-16(13-7-9-14(10-8-13)18(20)21)17-11-3-5-12-4-1-2-6-15(12)17;1-9(8(12)13)4-2-3-6(5-9)7(10)11/h1-2,4,6-10H,3,5,11H2;2-4H,5H2,1H3,(H,10,11)(H,12,13). The molecule has 176 valence electrons. The molecule has 1 atom stereocenters. The third kappa shape index (κ3) is 5.37. The van der Waals surface area contributed by atoms with Crippen LogP contribution in [-0.2, 0) is 16.0 Å². The molecule has 0 aromatic heterocycles. The molecule has 0 radical (unpaired) electrons. The Balaban J connectivity index is 0.000000215. The zero-order chi connectivity index (χ0) is 24.9. The third-order valence-electron chi connectivity index (χ3n) is 5.76. The summed E-state index contributed by atoms with van der Waals surface area (Å²) in [7, 11) is 0. The fraction of sp³-hybridized carbons (Fsp3) is 0.240. The van der Waals surface area contributed by atoms with Crippen LogP contribution in [0.25, 0.3) is 0 Å². The molecule has 0 spiro atoms. The summed E-state index contributed by atoms with van der Waals surface area (Å²) in [4.78, 5) is 45.9. The Labute approximate surface area is 195 Å². The van der Waals surface area contributed by atoms with Crippen LogP contribution in [0, 0.1) is 15.5 Å². The third-order valence-corrected chi connectivity index (χ3v) is 5.76. The van der Waals surface area contributed by atoms with Gasteiger partial charge in [-0.1, -0.05) is 36.4 Å². The number of amides is 1. The zero-order valence-electron chi connectivity index (χ0n) is 18.5. The van der Waals surface area contributed by atoms with Crippen LogP contribution in [0.3, 0.4) is 0 Å². The number of aliphatic carboxylic acids is 2. The first-order chi connectivity index (χ1) is 16.1. The number of aryl methyl sites for hydroxylation is 1. The molecule has 0 saturated carbocycles. The highest BCUT2D eigenvalue weighted by Gasteiger charge is 2.34. The fourth-order valence-corrected chi connectivity index (χ4v) is 3.81. The van der Waals surface area contributed by atoms with Crippen molar-refractivity contribution in [2.75, 3.05) is 11.4 Å². The Morgan fingerprint density at radius 2 is 1.74 bits per heavy atom. The highest BCUT2D eigenvalue weighted by molar-refractivity contribution is 6.06. The predicted molar refractivity (Wildman–Crippen MR) is 125 cm³/mol. The average molecular weight is 464 g/mol. The van der Waals surface area contributed by atoms with E-state index in [-0.39, 0.29) is 23.6 Å². The number of anilines is 1. The van der Waals surface area contributed by atoms with Crippen molar-refractivity contribution < 1.29 is 29.5 Å². The minimum Gasteiger partial charge on any atom is -0.481 e. The lowest BCUT2D eigenvalue weighted by atomic mass is 9.80. The zero-order valence-corrected chi connectivity index (χ0v) is 18.5. The number of carbonyl (C=O) groups excluding carboxylic acids is 1. The van der Waals surface area contributed by atoms with Crippen LogP contribution in [0.2, 0.25) is 0 Å². The van der Waals surface area contributed by atoms with E-state index in [0.29, 0.717) is 12.1 Å². The van der Waals surface area contributed by atoms with Gasteiger partial charge < -0.3 is 15.1 Å². The SMILES string of the molecule is CC1(C(=O)O)C=CC=C(C(=O)O)C1.O=C(c1ccc([N+](=O)[O-])cc1)N1CCCc2ccccc21. The van der Waals surface area contributed by atoms with Gasteiger partial charge in [0.2, 0.25) is 0 Å². The average Bonchev–Trinajstić information content (AvgIpc) is 2.83. The van der Waals surface area contributed by atoms with Crippen molar-refractivity contribution in [1.29, 1.82) is 0 Å². The summed E-state index contributed by atoms with van der Waals surface area (Å²) in [5.74, 6) is -2.18. The summed E-state index contributed by atoms with van der Waals surface area (Å²) >= 11 is 0. The maximum atomic E-state index is 12.6. The second kappa shape index (κ2) is 10.1. The fourth-order valence-electron chi connectivity index (χ4n) is 3.81. The van der Waals surface area contributed by atoms with Gasteiger partial charge in [0.25, 0.3) is 11.6 Å². The Kier molecular flexibility index (Phi) is 7.25. The van der Waals surface area contributed by atoms with Crippen LogP contribution in [-0.4, -0.2) is 39.5 Å². The number of nitro benzene ring substituents is 1. The molecule has 1 amide bonds. The number of carboxylic acids is 2. The molecule has 9 heteroatoms. The summed E-state index contributed by atoms with van der Waals surface area (Å²) < 4.78 is 0. The first kappa shape index (κ1) is 24.4. The van der Waals surface area contributed by atoms with Crippen LogP contribution in [0.4, 0.5) is 11.4 Å². The number of allylic oxidation sites excluding steroid dienone is 2. The van der Waals surface area contributed by atoms with Gasteiger partial charge >= 0.3 is 11.9 Å². The highest BCUT2D eigenvalue weighted by atomic mass is 16.6. The number of carbonyl (C=O) groups is 3. The molecule has 1 heterocycles. The van der Waals surface area contributed by atoms with Crippen molar-refractivity contribution in [1.82, 2.24) is 0 Å². The van der Waals surface area contributed by atoms with Crippen molar-refractivity contribution in [2.24, 2.45) is 5.41 Å². The van der Waals surface area contributed by atoms with Gasteiger partial charge in [-0.05, 0) is 49.9 Å². The maximum absolute atomic E-state index is 12.6. The second-order valence-electron chi connectivity index (χ2n) is 8.25. The molecule has 2 N–H and O–H groups in total. The molecule has 9 nitrogen and oxygen atoms in total. The quantitative estimate of drug-likeness (QED) is 0.510. The van der Waals surface area contributed by atoms with Crippen LogP contribution >= 0.6 is 0 Å². The van der Waals surface area contributed by atoms with E-state index in [0.717, 1.165) is 18.5 Å². The largest absolute Gasteiger partial charge is 0.481 e. The van der Waals surface area contributed by atoms with Gasteiger partial charge in [-0.2, -0.15) is 0 Å². The number of non-ortho nitro benzene ring substituents is 1. The number of hydrogen-bond donors (Lipinski definition) is 2. The summed E-state index contributed by atoms with van der Waals surface area (Å²) in [6, 6.07) is 13.6. The Hall–Kier alpha value is -4.27. The molecule has 2 aromatic rings. The minimum atomic E-state index is -1.08. The molecule has 1 aliphatic heterocycles. The van der Waals surface area contributed by atoms with E-state index in [1.165, 1.54) is 55.0 Å². The smallest absolute Gasteiger partial charge is 0.331 e. The van der Waals surface area contributed by atoms with Crippen LogP contribution in [0.15, 0.2) is 72.3 Å². The first-order valence-corrected chi connectivity index (χ1v) is 10.6. The number of carboxylic acid groups (broad SMARTS) is 2. The Morgan fingerprint density at radius 1 is 1.06 bits per heavy atom. The molecule has 4 rings (SSSR count). The molecule has 0 saturated heterocycles. The predicted octanol–water partition coefficient (Wildman–Crippen LogP) is 4.24. The van der Waals surface area contributed by atoms with Crippen molar-refractivity contribution in [3.63, 3.8) is 0 Å². The molecule has 0 fully saturated rings. The molecular formula is C25H24N2O7. The highest BCUT2D eigenvalue weighted by Crippen LogP contribution is 2.31. The molecule has 2 aromatic carbocycles. The molecule has 1 unspecified atom stereocenters. The van der Waals surface area contributed by atoms with Gasteiger partial charge in [0.1, 0.15) is 0 Å². The van der Waals surface area contributed by atoms with Crippen LogP contribution in [0.1, 0.15) is 35.7 Å². The van der Waals surface area contributed by atoms with Gasteiger partial charge in [0.15, 0.2) is 0 Å². The number of nitro groups is 1. The van der Waals surface area contributed by atoms with Crippen molar-refractivity contribution in [2.45, 2.75) is 26.2 Å². The van der Waals surface area contributed by atoms with Crippen molar-refractivity contribution in [3.8, 4) is 0 Å². The summed E-state index contributed by atoms with van der Waals surface area (Å²) in [6.07, 6.45) is 6.33. The summed E-state index contributed by atoms with van der Waals surface area (Å²) in [6.45, 7) is 2.18. The van der Waals surface area contributed by atoms with E-state index in [2.05, 4.69) is 0 Å². The van der Waals surface area contributed by atoms with Crippen molar-refractivity contribution >= 4 is 29.2 Å². The van der Waals surface area contributed by atoms with E-state index < -0.39 is 22.3 Å². The number of nitrogens with zero attached hydrogens (tertiary/aromatic N) is 2. The van der Waals surface area contributed by atoms with Gasteiger partial charge in [-0.3, -0.25) is 19.7 Å². The van der Waals surface area contributed by atoms with Crippen molar-refractivity contribution in [3.05, 3.63) is 93.6 Å². The second-order valence-corrected chi connectivity index (χ2v) is 8.25. The lowest BCUT2D eigenvalue weighted by molar-refractivity contribution is -0.384. The van der Waals surface area contributed by atoms with E-state index in [9.17, 15) is 24.5 Å². The molecule has 34 heavy (non-hydrogen) atoms. The van der Waals surface area contributed by atoms with Crippen LogP contribution < -0.4 is 4.90 Å². The van der Waals surface area contributed by atoms with Crippen LogP contribution in [0.5, 0.6) is 0 Å². The normalized spacial score (nSPS) is 18.6. The number of benzene rings is 2. The number of fused-ring (bicyclic) bond motifs is 1. The minimum absolute atomic E-state index is 0.00871. The number of hydrogen-bond acceptors (Lipinski definition) is 5. The lowest BCUT2D eigenvalue weighted by Crippen LogP contribution is -2.35. The Bertz CT molecular complexity index is 1180. The maximum Gasteiger partial charge on any atom is 0.331 e. The summed E-state index contributed by atoms with van der Waals surface area (Å²) in [5, 5.41) is 28.1. The molecule has 1 aliphatic carbocycles. The first-order valence-electron chi connectivity index (χ1n) is 10.6. The Morgan fingerprint density at radius 3 is 2.35 bits per heavy atom. The number of para-hydroxylation sites is 1. The lowest BCUT2D eigenvalue weighted by Gasteiger charge is -2.29. The van der Waals surface area contributed by atoms with E-state index in [1.54, 1.807) is 4.90 Å². The molecule has 0 bridgehead atoms. The topological polar surface area (TPSA) is 138 Å². The van der Waals surface area contributed by atoms with Gasteiger partial charge in [0.05, 0.1) is 10.3 Å². The monoisotopic (exact) mass is 464 g/mol.